The molecule has 0 saturated heterocycles. The van der Waals surface area contributed by atoms with Gasteiger partial charge in [-0.25, -0.2) is 0 Å². The Balaban J connectivity index is 1.26. The topological polar surface area (TPSA) is 8.17 Å². The Morgan fingerprint density at radius 3 is 2.06 bits per heavy atom. The molecule has 2 heteroatoms. The number of para-hydroxylation sites is 2. The van der Waals surface area contributed by atoms with E-state index in [4.69, 9.17) is 0 Å². The molecule has 1 aromatic heterocycles. The van der Waals surface area contributed by atoms with Gasteiger partial charge in [0.2, 0.25) is 0 Å². The Morgan fingerprint density at radius 2 is 1.22 bits per heavy atom. The molecule has 7 aromatic carbocycles. The number of aromatic nitrogens is 1. The first-order valence-corrected chi connectivity index (χ1v) is 18.0. The predicted octanol–water partition coefficient (Wildman–Crippen LogP) is 13.2. The first-order chi connectivity index (χ1) is 25.1. The highest BCUT2D eigenvalue weighted by molar-refractivity contribution is 6.11. The van der Waals surface area contributed by atoms with E-state index < -0.39 is 0 Å². The van der Waals surface area contributed by atoms with Crippen LogP contribution in [0.15, 0.2) is 182 Å². The van der Waals surface area contributed by atoms with Crippen molar-refractivity contribution in [2.24, 2.45) is 5.92 Å². The second-order valence-electron chi connectivity index (χ2n) is 14.6. The van der Waals surface area contributed by atoms with E-state index in [2.05, 4.69) is 205 Å². The van der Waals surface area contributed by atoms with Gasteiger partial charge in [-0.2, -0.15) is 0 Å². The zero-order valence-electron chi connectivity index (χ0n) is 28.9. The Hall–Kier alpha value is -6.12. The van der Waals surface area contributed by atoms with Crippen LogP contribution in [0.3, 0.4) is 0 Å². The standard InChI is InChI=1S/C49H38N2/c1-49(2)43-23-13-11-21-39(43)40-28-26-37(32-44(40)49)50(47-29-25-33-15-9-10-20-38(33)48(47)34-16-5-3-6-17-34)36-27-30-46-42(31-36)41-22-12-14-24-45(41)51(46)35-18-7-4-8-19-35/h3-32,39,43H,1-2H3. The van der Waals surface area contributed by atoms with Crippen LogP contribution in [0.25, 0.3) is 49.4 Å². The zero-order valence-corrected chi connectivity index (χ0v) is 28.9. The molecule has 0 saturated carbocycles. The van der Waals surface area contributed by atoms with Gasteiger partial charge in [-0.1, -0.05) is 141 Å². The number of nitrogens with zero attached hydrogens (tertiary/aromatic N) is 2. The first-order valence-electron chi connectivity index (χ1n) is 18.0. The third-order valence-corrected chi connectivity index (χ3v) is 11.5. The number of hydrogen-bond donors (Lipinski definition) is 0. The van der Waals surface area contributed by atoms with E-state index in [1.807, 2.05) is 0 Å². The Kier molecular flexibility index (Phi) is 6.69. The van der Waals surface area contributed by atoms with Crippen molar-refractivity contribution >= 4 is 49.6 Å². The molecule has 0 radical (unpaired) electrons. The summed E-state index contributed by atoms with van der Waals surface area (Å²) in [5, 5.41) is 4.97. The number of anilines is 3. The van der Waals surface area contributed by atoms with Crippen LogP contribution < -0.4 is 4.90 Å². The number of hydrogen-bond acceptors (Lipinski definition) is 1. The Morgan fingerprint density at radius 1 is 0.549 bits per heavy atom. The molecule has 2 atom stereocenters. The van der Waals surface area contributed by atoms with Crippen LogP contribution in [-0.2, 0) is 5.41 Å². The molecule has 8 aromatic rings. The van der Waals surface area contributed by atoms with Gasteiger partial charge >= 0.3 is 0 Å². The molecule has 0 aliphatic heterocycles. The maximum Gasteiger partial charge on any atom is 0.0546 e. The molecule has 2 aliphatic carbocycles. The summed E-state index contributed by atoms with van der Waals surface area (Å²) in [7, 11) is 0. The van der Waals surface area contributed by atoms with Crippen molar-refractivity contribution in [3.63, 3.8) is 0 Å². The summed E-state index contributed by atoms with van der Waals surface area (Å²) in [4.78, 5) is 2.51. The summed E-state index contributed by atoms with van der Waals surface area (Å²) in [6.07, 6.45) is 9.25. The van der Waals surface area contributed by atoms with Gasteiger partial charge in [-0.3, -0.25) is 0 Å². The molecule has 2 unspecified atom stereocenters. The minimum atomic E-state index is 0.00163. The molecular weight excluding hydrogens is 617 g/mol. The average Bonchev–Trinajstić information content (AvgIpc) is 3.63. The SMILES string of the molecule is CC1(C)c2cc(N(c3ccc4c(c3)c3ccccc3n4-c3ccccc3)c3ccc4ccccc4c3-c3ccccc3)ccc2C2C=CC=CC21. The van der Waals surface area contributed by atoms with Crippen molar-refractivity contribution in [1.29, 1.82) is 0 Å². The van der Waals surface area contributed by atoms with Crippen molar-refractivity contribution in [1.82, 2.24) is 4.57 Å². The van der Waals surface area contributed by atoms with Gasteiger partial charge in [0.15, 0.2) is 0 Å². The predicted molar refractivity (Wildman–Crippen MR) is 216 cm³/mol. The summed E-state index contributed by atoms with van der Waals surface area (Å²) in [6, 6.07) is 58.1. The summed E-state index contributed by atoms with van der Waals surface area (Å²) in [6.45, 7) is 4.84. The molecular formula is C49H38N2. The fourth-order valence-electron chi connectivity index (χ4n) is 9.04. The fourth-order valence-corrected chi connectivity index (χ4v) is 9.04. The van der Waals surface area contributed by atoms with Crippen molar-refractivity contribution in [3.8, 4) is 16.8 Å². The number of benzene rings is 7. The maximum atomic E-state index is 2.51. The highest BCUT2D eigenvalue weighted by atomic mass is 15.1. The van der Waals surface area contributed by atoms with E-state index in [0.29, 0.717) is 11.8 Å². The second-order valence-corrected chi connectivity index (χ2v) is 14.6. The molecule has 2 aliphatic rings. The quantitative estimate of drug-likeness (QED) is 0.179. The molecule has 0 N–H and O–H groups in total. The minimum absolute atomic E-state index is 0.00163. The minimum Gasteiger partial charge on any atom is -0.310 e. The molecule has 0 bridgehead atoms. The van der Waals surface area contributed by atoms with Crippen LogP contribution in [0.1, 0.15) is 30.9 Å². The highest BCUT2D eigenvalue weighted by Crippen LogP contribution is 2.55. The van der Waals surface area contributed by atoms with Crippen molar-refractivity contribution in [2.45, 2.75) is 25.2 Å². The van der Waals surface area contributed by atoms with Gasteiger partial charge in [0, 0.05) is 39.3 Å². The Bertz CT molecular complexity index is 2680. The smallest absolute Gasteiger partial charge is 0.0546 e. The van der Waals surface area contributed by atoms with Crippen molar-refractivity contribution in [2.75, 3.05) is 4.90 Å². The van der Waals surface area contributed by atoms with Gasteiger partial charge < -0.3 is 9.47 Å². The molecule has 10 rings (SSSR count). The molecule has 2 nitrogen and oxygen atoms in total. The van der Waals surface area contributed by atoms with Crippen molar-refractivity contribution < 1.29 is 0 Å². The number of rotatable bonds is 5. The van der Waals surface area contributed by atoms with Crippen LogP contribution in [0, 0.1) is 5.92 Å². The van der Waals surface area contributed by atoms with E-state index in [1.54, 1.807) is 0 Å². The Labute approximate surface area is 299 Å². The van der Waals surface area contributed by atoms with E-state index in [-0.39, 0.29) is 5.41 Å². The van der Waals surface area contributed by atoms with Gasteiger partial charge in [0.05, 0.1) is 16.7 Å². The lowest BCUT2D eigenvalue weighted by atomic mass is 9.74. The summed E-state index contributed by atoms with van der Waals surface area (Å²) >= 11 is 0. The zero-order chi connectivity index (χ0) is 34.1. The number of allylic oxidation sites excluding steroid dienone is 4. The second kappa shape index (κ2) is 11.5. The molecule has 1 heterocycles. The maximum absolute atomic E-state index is 2.51. The normalized spacial score (nSPS) is 17.2. The van der Waals surface area contributed by atoms with Crippen LogP contribution in [0.5, 0.6) is 0 Å². The van der Waals surface area contributed by atoms with E-state index in [1.165, 1.54) is 71.9 Å². The average molecular weight is 655 g/mol. The molecule has 244 valence electrons. The van der Waals surface area contributed by atoms with Crippen LogP contribution in [-0.4, -0.2) is 4.57 Å². The van der Waals surface area contributed by atoms with Gasteiger partial charge in [-0.15, -0.1) is 0 Å². The van der Waals surface area contributed by atoms with Crippen LogP contribution in [0.2, 0.25) is 0 Å². The van der Waals surface area contributed by atoms with Crippen LogP contribution in [0.4, 0.5) is 17.1 Å². The lowest BCUT2D eigenvalue weighted by Gasteiger charge is -2.31. The molecule has 0 spiro atoms. The van der Waals surface area contributed by atoms with Gasteiger partial charge in [-0.05, 0) is 93.4 Å². The highest BCUT2D eigenvalue weighted by Gasteiger charge is 2.44. The van der Waals surface area contributed by atoms with Crippen LogP contribution >= 0.6 is 0 Å². The van der Waals surface area contributed by atoms with E-state index in [9.17, 15) is 0 Å². The summed E-state index contributed by atoms with van der Waals surface area (Å²) < 4.78 is 2.39. The van der Waals surface area contributed by atoms with Crippen molar-refractivity contribution in [3.05, 3.63) is 193 Å². The van der Waals surface area contributed by atoms with E-state index in [0.717, 1.165) is 5.69 Å². The largest absolute Gasteiger partial charge is 0.310 e. The summed E-state index contributed by atoms with van der Waals surface area (Å²) in [5.74, 6) is 0.853. The molecule has 0 fully saturated rings. The van der Waals surface area contributed by atoms with E-state index >= 15 is 0 Å². The first kappa shape index (κ1) is 29.8. The third-order valence-electron chi connectivity index (χ3n) is 11.5. The molecule has 51 heavy (non-hydrogen) atoms. The molecule has 0 amide bonds. The monoisotopic (exact) mass is 654 g/mol. The fraction of sp³-hybridized carbons (Fsp3) is 0.102. The number of fused-ring (bicyclic) bond motifs is 7. The van der Waals surface area contributed by atoms with Gasteiger partial charge in [0.25, 0.3) is 0 Å². The third kappa shape index (κ3) is 4.56. The lowest BCUT2D eigenvalue weighted by molar-refractivity contribution is 0.394. The van der Waals surface area contributed by atoms with Gasteiger partial charge in [0.1, 0.15) is 0 Å². The summed E-state index contributed by atoms with van der Waals surface area (Å²) in [5.41, 5.74) is 12.4. The lowest BCUT2D eigenvalue weighted by Crippen LogP contribution is -2.24.